The van der Waals surface area contributed by atoms with Crippen molar-refractivity contribution in [1.82, 2.24) is 20.0 Å². The van der Waals surface area contributed by atoms with Crippen LogP contribution >= 0.6 is 0 Å². The Morgan fingerprint density at radius 2 is 2.04 bits per heavy atom. The number of rotatable bonds is 3. The summed E-state index contributed by atoms with van der Waals surface area (Å²) in [6, 6.07) is 3.72. The second kappa shape index (κ2) is 6.67. The van der Waals surface area contributed by atoms with Gasteiger partial charge in [0.05, 0.1) is 17.8 Å². The van der Waals surface area contributed by atoms with Crippen LogP contribution in [0.4, 0.5) is 0 Å². The molecule has 4 rings (SSSR count). The maximum Gasteiger partial charge on any atom is 0.239 e. The number of aromatic nitrogens is 2. The summed E-state index contributed by atoms with van der Waals surface area (Å²) in [4.78, 5) is 17.3. The number of hydrogen-bond acceptors (Lipinski definition) is 4. The predicted molar refractivity (Wildman–Crippen MR) is 103 cm³/mol. The van der Waals surface area contributed by atoms with Gasteiger partial charge in [-0.25, -0.2) is 0 Å². The number of carbonyl (C=O) groups is 1. The molecule has 140 valence electrons. The van der Waals surface area contributed by atoms with Gasteiger partial charge in [0, 0.05) is 18.5 Å². The molecule has 3 N–H and O–H groups in total. The number of benzene rings is 1. The summed E-state index contributed by atoms with van der Waals surface area (Å²) >= 11 is 0. The molecule has 1 amide bonds. The fraction of sp³-hybridized carbons (Fsp3) is 0.600. The predicted octanol–water partition coefficient (Wildman–Crippen LogP) is 1.69. The van der Waals surface area contributed by atoms with Crippen molar-refractivity contribution in [2.75, 3.05) is 33.2 Å². The van der Waals surface area contributed by atoms with Crippen LogP contribution < -0.4 is 5.73 Å². The Morgan fingerprint density at radius 3 is 2.81 bits per heavy atom. The summed E-state index contributed by atoms with van der Waals surface area (Å²) < 4.78 is 0. The van der Waals surface area contributed by atoms with Crippen molar-refractivity contribution < 1.29 is 4.79 Å². The van der Waals surface area contributed by atoms with E-state index < -0.39 is 6.04 Å². The SMILES string of the molecule is Cc1cc(CC(N)C(=O)N2CCC3(CCN(C)CC3)C2)cc2cn[nH]c12. The van der Waals surface area contributed by atoms with Crippen LogP contribution in [0.2, 0.25) is 0 Å². The number of nitrogens with zero attached hydrogens (tertiary/aromatic N) is 3. The summed E-state index contributed by atoms with van der Waals surface area (Å²) in [6.07, 6.45) is 5.91. The van der Waals surface area contributed by atoms with Crippen LogP contribution in [0.5, 0.6) is 0 Å². The second-order valence-corrected chi connectivity index (χ2v) is 8.37. The molecule has 6 heteroatoms. The first kappa shape index (κ1) is 17.5. The van der Waals surface area contributed by atoms with E-state index in [-0.39, 0.29) is 5.91 Å². The van der Waals surface area contributed by atoms with E-state index in [9.17, 15) is 4.79 Å². The van der Waals surface area contributed by atoms with Crippen molar-refractivity contribution >= 4 is 16.8 Å². The van der Waals surface area contributed by atoms with Gasteiger partial charge < -0.3 is 15.5 Å². The zero-order chi connectivity index (χ0) is 18.3. The first-order valence-corrected chi connectivity index (χ1v) is 9.61. The molecule has 1 unspecified atom stereocenters. The lowest BCUT2D eigenvalue weighted by molar-refractivity contribution is -0.132. The second-order valence-electron chi connectivity index (χ2n) is 8.37. The van der Waals surface area contributed by atoms with Crippen LogP contribution in [0, 0.1) is 12.3 Å². The number of likely N-dealkylation sites (tertiary alicyclic amines) is 2. The third-order valence-electron chi connectivity index (χ3n) is 6.38. The highest BCUT2D eigenvalue weighted by molar-refractivity contribution is 5.84. The topological polar surface area (TPSA) is 78.2 Å². The summed E-state index contributed by atoms with van der Waals surface area (Å²) in [5.74, 6) is 0.103. The molecule has 0 saturated carbocycles. The quantitative estimate of drug-likeness (QED) is 0.878. The van der Waals surface area contributed by atoms with Gasteiger partial charge >= 0.3 is 0 Å². The molecule has 0 radical (unpaired) electrons. The molecule has 2 fully saturated rings. The molecule has 1 aromatic heterocycles. The summed E-state index contributed by atoms with van der Waals surface area (Å²) in [7, 11) is 2.18. The van der Waals surface area contributed by atoms with Crippen molar-refractivity contribution in [2.45, 2.75) is 38.6 Å². The number of aromatic amines is 1. The van der Waals surface area contributed by atoms with Crippen LogP contribution in [0.1, 0.15) is 30.4 Å². The molecule has 26 heavy (non-hydrogen) atoms. The minimum absolute atomic E-state index is 0.103. The van der Waals surface area contributed by atoms with Gasteiger partial charge in [-0.15, -0.1) is 0 Å². The van der Waals surface area contributed by atoms with Crippen LogP contribution in [0.15, 0.2) is 18.3 Å². The average Bonchev–Trinajstić information content (AvgIpc) is 3.25. The molecule has 1 spiro atoms. The highest BCUT2D eigenvalue weighted by Crippen LogP contribution is 2.40. The van der Waals surface area contributed by atoms with Gasteiger partial charge in [-0.1, -0.05) is 6.07 Å². The minimum atomic E-state index is -0.472. The number of nitrogens with two attached hydrogens (primary N) is 1. The zero-order valence-corrected chi connectivity index (χ0v) is 15.8. The Kier molecular flexibility index (Phi) is 4.49. The standard InChI is InChI=1S/C20H29N5O/c1-14-9-15(10-16-12-22-23-18(14)16)11-17(21)19(26)25-8-5-20(13-25)3-6-24(2)7-4-20/h9-10,12,17H,3-8,11,13,21H2,1-2H3,(H,22,23). The third-order valence-corrected chi connectivity index (χ3v) is 6.38. The van der Waals surface area contributed by atoms with E-state index in [1.807, 2.05) is 11.1 Å². The maximum atomic E-state index is 12.9. The summed E-state index contributed by atoms with van der Waals surface area (Å²) in [5.41, 5.74) is 9.94. The van der Waals surface area contributed by atoms with Crippen LogP contribution in [-0.4, -0.2) is 65.2 Å². The lowest BCUT2D eigenvalue weighted by Crippen LogP contribution is -2.46. The van der Waals surface area contributed by atoms with Gasteiger partial charge in [0.15, 0.2) is 0 Å². The van der Waals surface area contributed by atoms with Gasteiger partial charge in [0.2, 0.25) is 5.91 Å². The average molecular weight is 355 g/mol. The van der Waals surface area contributed by atoms with Crippen LogP contribution in [0.25, 0.3) is 10.9 Å². The first-order chi connectivity index (χ1) is 12.5. The monoisotopic (exact) mass is 355 g/mol. The third kappa shape index (κ3) is 3.23. The van der Waals surface area contributed by atoms with Crippen molar-refractivity contribution in [3.05, 3.63) is 29.5 Å². The Labute approximate surface area is 154 Å². The van der Waals surface area contributed by atoms with Gasteiger partial charge in [0.1, 0.15) is 0 Å². The van der Waals surface area contributed by atoms with Crippen LogP contribution in [0.3, 0.4) is 0 Å². The number of amides is 1. The highest BCUT2D eigenvalue weighted by atomic mass is 16.2. The van der Waals surface area contributed by atoms with Crippen molar-refractivity contribution in [3.8, 4) is 0 Å². The molecule has 1 aromatic carbocycles. The summed E-state index contributed by atoms with van der Waals surface area (Å²) in [6.45, 7) is 6.07. The minimum Gasteiger partial charge on any atom is -0.341 e. The van der Waals surface area contributed by atoms with Gasteiger partial charge in [0.25, 0.3) is 0 Å². The van der Waals surface area contributed by atoms with Gasteiger partial charge in [-0.2, -0.15) is 5.10 Å². The number of nitrogens with one attached hydrogen (secondary N) is 1. The smallest absolute Gasteiger partial charge is 0.239 e. The van der Waals surface area contributed by atoms with E-state index in [2.05, 4.69) is 41.2 Å². The van der Waals surface area contributed by atoms with E-state index in [4.69, 9.17) is 5.73 Å². The van der Waals surface area contributed by atoms with Crippen molar-refractivity contribution in [3.63, 3.8) is 0 Å². The van der Waals surface area contributed by atoms with E-state index in [0.717, 1.165) is 54.6 Å². The highest BCUT2D eigenvalue weighted by Gasteiger charge is 2.42. The Balaban J connectivity index is 1.41. The van der Waals surface area contributed by atoms with Crippen LogP contribution in [-0.2, 0) is 11.2 Å². The molecule has 2 aromatic rings. The fourth-order valence-corrected chi connectivity index (χ4v) is 4.63. The molecule has 3 heterocycles. The van der Waals surface area contributed by atoms with Gasteiger partial charge in [-0.05, 0) is 75.4 Å². The number of aryl methyl sites for hydroxylation is 1. The first-order valence-electron chi connectivity index (χ1n) is 9.61. The van der Waals surface area contributed by atoms with Gasteiger partial charge in [-0.3, -0.25) is 9.89 Å². The summed E-state index contributed by atoms with van der Waals surface area (Å²) in [5, 5.41) is 8.19. The van der Waals surface area contributed by atoms with Crippen molar-refractivity contribution in [2.24, 2.45) is 11.1 Å². The number of piperidine rings is 1. The molecule has 6 nitrogen and oxygen atoms in total. The van der Waals surface area contributed by atoms with E-state index >= 15 is 0 Å². The Hall–Kier alpha value is -1.92. The Bertz CT molecular complexity index is 806. The van der Waals surface area contributed by atoms with E-state index in [1.165, 1.54) is 12.8 Å². The van der Waals surface area contributed by atoms with E-state index in [0.29, 0.717) is 11.8 Å². The molecule has 0 bridgehead atoms. The van der Waals surface area contributed by atoms with E-state index in [1.54, 1.807) is 0 Å². The largest absolute Gasteiger partial charge is 0.341 e. The van der Waals surface area contributed by atoms with Crippen molar-refractivity contribution in [1.29, 1.82) is 0 Å². The molecule has 2 saturated heterocycles. The molecule has 2 aliphatic rings. The number of carbonyl (C=O) groups excluding carboxylic acids is 1. The zero-order valence-electron chi connectivity index (χ0n) is 15.8. The molecular formula is C20H29N5O. The fourth-order valence-electron chi connectivity index (χ4n) is 4.63. The maximum absolute atomic E-state index is 12.9. The molecule has 1 atom stereocenters. The number of H-pyrrole nitrogens is 1. The number of fused-ring (bicyclic) bond motifs is 1. The lowest BCUT2D eigenvalue weighted by Gasteiger charge is -2.37. The molecular weight excluding hydrogens is 326 g/mol. The number of hydrogen-bond donors (Lipinski definition) is 2. The lowest BCUT2D eigenvalue weighted by atomic mass is 9.78. The molecule has 2 aliphatic heterocycles. The molecule has 0 aliphatic carbocycles. The Morgan fingerprint density at radius 1 is 1.31 bits per heavy atom. The normalized spacial score (nSPS) is 21.6.